The molecule has 8 aromatic rings. The van der Waals surface area contributed by atoms with Gasteiger partial charge in [0.2, 0.25) is 0 Å². The van der Waals surface area contributed by atoms with E-state index in [2.05, 4.69) is 216 Å². The van der Waals surface area contributed by atoms with E-state index in [1.54, 1.807) is 0 Å². The molecular weight excluding hydrogens is 581 g/mol. The van der Waals surface area contributed by atoms with Crippen molar-refractivity contribution in [2.24, 2.45) is 0 Å². The Hall–Kier alpha value is -6.38. The minimum absolute atomic E-state index is 1.10. The Balaban J connectivity index is 1.22. The molecule has 0 aliphatic heterocycles. The molecule has 0 heterocycles. The van der Waals surface area contributed by atoms with Gasteiger partial charge in [-0.1, -0.05) is 146 Å². The molecule has 0 aliphatic rings. The standard InChI is InChI=1S/C46H34N2/c1-5-15-35(16-6-1)36-27-29-37(30-28-36)38-31-33-42(34-32-38)48(41-21-11-4-12-22-41)46-26-14-23-43-44(46)24-13-25-45(43)47(39-17-7-2-8-18-39)40-19-9-3-10-20-40/h1-34H. The number of anilines is 6. The first kappa shape index (κ1) is 29.1. The summed E-state index contributed by atoms with van der Waals surface area (Å²) in [5.41, 5.74) is 11.5. The van der Waals surface area contributed by atoms with E-state index in [0.717, 1.165) is 34.1 Å². The molecule has 8 rings (SSSR count). The van der Waals surface area contributed by atoms with Crippen molar-refractivity contribution < 1.29 is 0 Å². The predicted molar refractivity (Wildman–Crippen MR) is 204 cm³/mol. The highest BCUT2D eigenvalue weighted by Gasteiger charge is 2.19. The molecule has 0 aromatic heterocycles. The highest BCUT2D eigenvalue weighted by Crippen LogP contribution is 2.44. The molecule has 0 aliphatic carbocycles. The topological polar surface area (TPSA) is 6.48 Å². The Morgan fingerprint density at radius 3 is 0.875 bits per heavy atom. The second-order valence-electron chi connectivity index (χ2n) is 11.8. The number of hydrogen-bond donors (Lipinski definition) is 0. The number of para-hydroxylation sites is 3. The van der Waals surface area contributed by atoms with Crippen molar-refractivity contribution in [2.75, 3.05) is 9.80 Å². The van der Waals surface area contributed by atoms with E-state index >= 15 is 0 Å². The summed E-state index contributed by atoms with van der Waals surface area (Å²) in [4.78, 5) is 4.71. The van der Waals surface area contributed by atoms with Gasteiger partial charge in [0.05, 0.1) is 11.4 Å². The Morgan fingerprint density at radius 1 is 0.208 bits per heavy atom. The van der Waals surface area contributed by atoms with Gasteiger partial charge in [-0.2, -0.15) is 0 Å². The van der Waals surface area contributed by atoms with Crippen molar-refractivity contribution >= 4 is 44.9 Å². The molecule has 2 heteroatoms. The van der Waals surface area contributed by atoms with Crippen molar-refractivity contribution in [1.29, 1.82) is 0 Å². The van der Waals surface area contributed by atoms with Gasteiger partial charge in [-0.15, -0.1) is 0 Å². The van der Waals surface area contributed by atoms with Gasteiger partial charge < -0.3 is 9.80 Å². The predicted octanol–water partition coefficient (Wildman–Crippen LogP) is 13.1. The minimum atomic E-state index is 1.10. The lowest BCUT2D eigenvalue weighted by Gasteiger charge is -2.29. The SMILES string of the molecule is c1ccc(-c2ccc(-c3ccc(N(c4ccccc4)c4cccc5c(N(c6ccccc6)c6ccccc6)cccc45)cc3)cc2)cc1. The molecule has 0 N–H and O–H groups in total. The van der Waals surface area contributed by atoms with Crippen molar-refractivity contribution in [3.05, 3.63) is 206 Å². The second-order valence-corrected chi connectivity index (χ2v) is 11.8. The summed E-state index contributed by atoms with van der Waals surface area (Å²) in [6.07, 6.45) is 0. The summed E-state index contributed by atoms with van der Waals surface area (Å²) in [7, 11) is 0. The van der Waals surface area contributed by atoms with Crippen molar-refractivity contribution in [3.8, 4) is 22.3 Å². The molecule has 0 spiro atoms. The first-order valence-corrected chi connectivity index (χ1v) is 16.4. The molecule has 0 bridgehead atoms. The third-order valence-corrected chi connectivity index (χ3v) is 8.85. The van der Waals surface area contributed by atoms with Gasteiger partial charge in [0.15, 0.2) is 0 Å². The van der Waals surface area contributed by atoms with Gasteiger partial charge in [-0.05, 0) is 82.9 Å². The summed E-state index contributed by atoms with van der Waals surface area (Å²) in [5.74, 6) is 0. The summed E-state index contributed by atoms with van der Waals surface area (Å²) in [5, 5.41) is 2.36. The fourth-order valence-electron chi connectivity index (χ4n) is 6.54. The summed E-state index contributed by atoms with van der Waals surface area (Å²) >= 11 is 0. The van der Waals surface area contributed by atoms with E-state index in [1.807, 2.05) is 0 Å². The molecule has 0 amide bonds. The third-order valence-electron chi connectivity index (χ3n) is 8.85. The molecule has 0 atom stereocenters. The number of fused-ring (bicyclic) bond motifs is 1. The van der Waals surface area contributed by atoms with Gasteiger partial charge >= 0.3 is 0 Å². The zero-order valence-corrected chi connectivity index (χ0v) is 26.5. The van der Waals surface area contributed by atoms with Gasteiger partial charge in [0, 0.05) is 33.5 Å². The largest absolute Gasteiger partial charge is 0.310 e. The first-order chi connectivity index (χ1) is 23.8. The monoisotopic (exact) mass is 614 g/mol. The van der Waals surface area contributed by atoms with Crippen LogP contribution in [0.5, 0.6) is 0 Å². The Kier molecular flexibility index (Phi) is 7.96. The van der Waals surface area contributed by atoms with Gasteiger partial charge in [-0.25, -0.2) is 0 Å². The molecule has 0 saturated heterocycles. The number of rotatable bonds is 8. The average Bonchev–Trinajstić information content (AvgIpc) is 3.17. The highest BCUT2D eigenvalue weighted by molar-refractivity contribution is 6.06. The van der Waals surface area contributed by atoms with Crippen LogP contribution in [0.2, 0.25) is 0 Å². The van der Waals surface area contributed by atoms with E-state index < -0.39 is 0 Å². The van der Waals surface area contributed by atoms with E-state index in [9.17, 15) is 0 Å². The van der Waals surface area contributed by atoms with Crippen LogP contribution in [0.1, 0.15) is 0 Å². The lowest BCUT2D eigenvalue weighted by Crippen LogP contribution is -2.12. The zero-order valence-electron chi connectivity index (χ0n) is 26.5. The van der Waals surface area contributed by atoms with Crippen LogP contribution in [0.25, 0.3) is 33.0 Å². The maximum absolute atomic E-state index is 2.36. The lowest BCUT2D eigenvalue weighted by atomic mass is 9.99. The first-order valence-electron chi connectivity index (χ1n) is 16.4. The molecule has 2 nitrogen and oxygen atoms in total. The fourth-order valence-corrected chi connectivity index (χ4v) is 6.54. The lowest BCUT2D eigenvalue weighted by molar-refractivity contribution is 1.28. The van der Waals surface area contributed by atoms with Crippen LogP contribution in [0, 0.1) is 0 Å². The number of benzene rings is 8. The molecule has 0 radical (unpaired) electrons. The smallest absolute Gasteiger partial charge is 0.0540 e. The average molecular weight is 615 g/mol. The Morgan fingerprint density at radius 2 is 0.500 bits per heavy atom. The fraction of sp³-hybridized carbons (Fsp3) is 0. The summed E-state index contributed by atoms with van der Waals surface area (Å²) in [6.45, 7) is 0. The highest BCUT2D eigenvalue weighted by atomic mass is 15.2. The van der Waals surface area contributed by atoms with E-state index in [4.69, 9.17) is 0 Å². The van der Waals surface area contributed by atoms with Crippen molar-refractivity contribution in [1.82, 2.24) is 0 Å². The maximum atomic E-state index is 2.36. The quantitative estimate of drug-likeness (QED) is 0.168. The Labute approximate surface area is 282 Å². The minimum Gasteiger partial charge on any atom is -0.310 e. The van der Waals surface area contributed by atoms with Crippen LogP contribution in [-0.4, -0.2) is 0 Å². The normalized spacial score (nSPS) is 10.9. The molecule has 228 valence electrons. The number of nitrogens with zero attached hydrogens (tertiary/aromatic N) is 2. The van der Waals surface area contributed by atoms with Crippen molar-refractivity contribution in [2.45, 2.75) is 0 Å². The van der Waals surface area contributed by atoms with Gasteiger partial charge in [0.25, 0.3) is 0 Å². The number of hydrogen-bond acceptors (Lipinski definition) is 2. The molecule has 0 saturated carbocycles. The van der Waals surface area contributed by atoms with E-state index in [0.29, 0.717) is 0 Å². The summed E-state index contributed by atoms with van der Waals surface area (Å²) in [6, 6.07) is 73.4. The molecule has 8 aromatic carbocycles. The van der Waals surface area contributed by atoms with Crippen molar-refractivity contribution in [3.63, 3.8) is 0 Å². The van der Waals surface area contributed by atoms with Crippen LogP contribution in [0.3, 0.4) is 0 Å². The zero-order chi connectivity index (χ0) is 32.1. The Bertz CT molecular complexity index is 2210. The van der Waals surface area contributed by atoms with Crippen LogP contribution in [0.15, 0.2) is 206 Å². The van der Waals surface area contributed by atoms with Gasteiger partial charge in [0.1, 0.15) is 0 Å². The van der Waals surface area contributed by atoms with E-state index in [1.165, 1.54) is 33.0 Å². The molecular formula is C46H34N2. The van der Waals surface area contributed by atoms with Crippen LogP contribution in [-0.2, 0) is 0 Å². The van der Waals surface area contributed by atoms with Crippen LogP contribution in [0.4, 0.5) is 34.1 Å². The second kappa shape index (κ2) is 13.2. The molecule has 0 unspecified atom stereocenters. The maximum Gasteiger partial charge on any atom is 0.0540 e. The van der Waals surface area contributed by atoms with E-state index in [-0.39, 0.29) is 0 Å². The summed E-state index contributed by atoms with van der Waals surface area (Å²) < 4.78 is 0. The molecule has 0 fully saturated rings. The van der Waals surface area contributed by atoms with Crippen LogP contribution < -0.4 is 9.80 Å². The van der Waals surface area contributed by atoms with Gasteiger partial charge in [-0.3, -0.25) is 0 Å². The molecule has 48 heavy (non-hydrogen) atoms. The van der Waals surface area contributed by atoms with Crippen LogP contribution >= 0.6 is 0 Å². The third kappa shape index (κ3) is 5.72.